The molecule has 0 radical (unpaired) electrons. The van der Waals surface area contributed by atoms with Crippen molar-refractivity contribution in [2.24, 2.45) is 4.99 Å². The molecule has 0 bridgehead atoms. The Morgan fingerprint density at radius 3 is 2.25 bits per heavy atom. The van der Waals surface area contributed by atoms with Crippen LogP contribution in [0.3, 0.4) is 0 Å². The first kappa shape index (κ1) is 19.8. The third-order valence-corrected chi connectivity index (χ3v) is 5.38. The van der Waals surface area contributed by atoms with Gasteiger partial charge in [-0.15, -0.1) is 0 Å². The zero-order chi connectivity index (χ0) is 20.3. The van der Waals surface area contributed by atoms with Crippen LogP contribution in [-0.4, -0.2) is 38.9 Å². The van der Waals surface area contributed by atoms with Crippen molar-refractivity contribution >= 4 is 27.5 Å². The second kappa shape index (κ2) is 8.35. The molecular formula is C20H22N2O5S. The fraction of sp³-hybridized carbons (Fsp3) is 0.300. The number of thiazole rings is 1. The highest BCUT2D eigenvalue weighted by molar-refractivity contribution is 7.16. The minimum absolute atomic E-state index is 0.345. The van der Waals surface area contributed by atoms with E-state index in [1.165, 1.54) is 18.4 Å². The number of carbonyl (C=O) groups excluding carboxylic acids is 1. The highest BCUT2D eigenvalue weighted by Crippen LogP contribution is 2.33. The van der Waals surface area contributed by atoms with E-state index in [0.29, 0.717) is 39.9 Å². The lowest BCUT2D eigenvalue weighted by molar-refractivity contribution is 0.0994. The molecule has 0 atom stereocenters. The van der Waals surface area contributed by atoms with Crippen LogP contribution in [0.5, 0.6) is 23.0 Å². The van der Waals surface area contributed by atoms with Gasteiger partial charge in [0.05, 0.1) is 44.2 Å². The summed E-state index contributed by atoms with van der Waals surface area (Å²) in [5, 5.41) is 0. The number of fused-ring (bicyclic) bond motifs is 1. The number of carbonyl (C=O) groups is 1. The van der Waals surface area contributed by atoms with Crippen LogP contribution in [0.25, 0.3) is 10.2 Å². The number of aryl methyl sites for hydroxylation is 1. The van der Waals surface area contributed by atoms with E-state index in [4.69, 9.17) is 18.9 Å². The quantitative estimate of drug-likeness (QED) is 0.631. The number of amides is 1. The van der Waals surface area contributed by atoms with Gasteiger partial charge in [-0.05, 0) is 25.1 Å². The number of hydrogen-bond acceptors (Lipinski definition) is 6. The first-order valence-corrected chi connectivity index (χ1v) is 9.44. The fourth-order valence-electron chi connectivity index (χ4n) is 2.92. The molecule has 0 saturated heterocycles. The lowest BCUT2D eigenvalue weighted by Crippen LogP contribution is -2.16. The minimum atomic E-state index is -0.400. The van der Waals surface area contributed by atoms with Crippen molar-refractivity contribution < 1.29 is 23.7 Å². The van der Waals surface area contributed by atoms with E-state index in [9.17, 15) is 4.79 Å². The fourth-order valence-corrected chi connectivity index (χ4v) is 4.02. The van der Waals surface area contributed by atoms with Crippen LogP contribution in [0.1, 0.15) is 17.3 Å². The van der Waals surface area contributed by atoms with E-state index < -0.39 is 5.91 Å². The molecule has 0 aliphatic carbocycles. The van der Waals surface area contributed by atoms with Crippen molar-refractivity contribution in [3.05, 3.63) is 40.7 Å². The van der Waals surface area contributed by atoms with Crippen molar-refractivity contribution in [1.82, 2.24) is 4.57 Å². The van der Waals surface area contributed by atoms with Crippen molar-refractivity contribution in [2.75, 3.05) is 28.4 Å². The van der Waals surface area contributed by atoms with Gasteiger partial charge in [-0.3, -0.25) is 4.79 Å². The lowest BCUT2D eigenvalue weighted by atomic mass is 10.2. The maximum Gasteiger partial charge on any atom is 0.283 e. The molecule has 8 heteroatoms. The molecule has 1 amide bonds. The second-order valence-electron chi connectivity index (χ2n) is 5.79. The summed E-state index contributed by atoms with van der Waals surface area (Å²) in [5.74, 6) is 1.87. The van der Waals surface area contributed by atoms with E-state index in [1.807, 2.05) is 23.6 Å². The zero-order valence-electron chi connectivity index (χ0n) is 16.4. The molecule has 1 heterocycles. The Bertz CT molecular complexity index is 1080. The van der Waals surface area contributed by atoms with Gasteiger partial charge in [-0.2, -0.15) is 4.99 Å². The number of benzene rings is 2. The average Bonchev–Trinajstić information content (AvgIpc) is 3.07. The lowest BCUT2D eigenvalue weighted by Gasteiger charge is -2.08. The van der Waals surface area contributed by atoms with Gasteiger partial charge in [0.15, 0.2) is 16.3 Å². The van der Waals surface area contributed by atoms with Gasteiger partial charge in [0.25, 0.3) is 5.91 Å². The summed E-state index contributed by atoms with van der Waals surface area (Å²) in [5.41, 5.74) is 1.27. The topological polar surface area (TPSA) is 71.3 Å². The van der Waals surface area contributed by atoms with Crippen LogP contribution < -0.4 is 23.7 Å². The summed E-state index contributed by atoms with van der Waals surface area (Å²) in [7, 11) is 6.25. The highest BCUT2D eigenvalue weighted by atomic mass is 32.1. The zero-order valence-corrected chi connectivity index (χ0v) is 17.3. The smallest absolute Gasteiger partial charge is 0.283 e. The second-order valence-corrected chi connectivity index (χ2v) is 6.80. The van der Waals surface area contributed by atoms with Crippen LogP contribution in [0, 0.1) is 0 Å². The Kier molecular flexibility index (Phi) is 5.89. The molecular weight excluding hydrogens is 380 g/mol. The van der Waals surface area contributed by atoms with Gasteiger partial charge < -0.3 is 23.5 Å². The summed E-state index contributed by atoms with van der Waals surface area (Å²) in [6.07, 6.45) is 0. The molecule has 0 aliphatic rings. The number of aromatic nitrogens is 1. The summed E-state index contributed by atoms with van der Waals surface area (Å²) in [4.78, 5) is 17.8. The number of nitrogens with zero attached hydrogens (tertiary/aromatic N) is 2. The molecule has 7 nitrogen and oxygen atoms in total. The first-order valence-electron chi connectivity index (χ1n) is 8.62. The Labute approximate surface area is 166 Å². The Morgan fingerprint density at radius 2 is 1.64 bits per heavy atom. The van der Waals surface area contributed by atoms with Crippen molar-refractivity contribution in [3.8, 4) is 23.0 Å². The van der Waals surface area contributed by atoms with E-state index in [-0.39, 0.29) is 0 Å². The molecule has 0 unspecified atom stereocenters. The third kappa shape index (κ3) is 3.55. The predicted octanol–water partition coefficient (Wildman–Crippen LogP) is 3.50. The van der Waals surface area contributed by atoms with Crippen LogP contribution >= 0.6 is 11.3 Å². The molecule has 1 aromatic heterocycles. The van der Waals surface area contributed by atoms with Crippen LogP contribution in [0.2, 0.25) is 0 Å². The SMILES string of the molecule is CCn1c(=NC(=O)c2cc(OC)ccc2OC)sc2cc(OC)c(OC)cc21. The summed E-state index contributed by atoms with van der Waals surface area (Å²) in [6.45, 7) is 2.65. The number of methoxy groups -OCH3 is 4. The summed E-state index contributed by atoms with van der Waals surface area (Å²) < 4.78 is 24.2. The van der Waals surface area contributed by atoms with Crippen molar-refractivity contribution in [3.63, 3.8) is 0 Å². The van der Waals surface area contributed by atoms with Gasteiger partial charge in [0.1, 0.15) is 11.5 Å². The number of rotatable bonds is 6. The van der Waals surface area contributed by atoms with Gasteiger partial charge in [0, 0.05) is 18.7 Å². The van der Waals surface area contributed by atoms with E-state index in [2.05, 4.69) is 4.99 Å². The molecule has 0 saturated carbocycles. The molecule has 0 N–H and O–H groups in total. The summed E-state index contributed by atoms with van der Waals surface area (Å²) in [6, 6.07) is 8.83. The largest absolute Gasteiger partial charge is 0.497 e. The Hall–Kier alpha value is -3.00. The monoisotopic (exact) mass is 402 g/mol. The normalized spacial score (nSPS) is 11.5. The van der Waals surface area contributed by atoms with E-state index in [1.54, 1.807) is 39.5 Å². The Morgan fingerprint density at radius 1 is 0.964 bits per heavy atom. The van der Waals surface area contributed by atoms with Gasteiger partial charge in [0.2, 0.25) is 0 Å². The average molecular weight is 402 g/mol. The maximum atomic E-state index is 12.9. The minimum Gasteiger partial charge on any atom is -0.497 e. The first-order chi connectivity index (χ1) is 13.6. The molecule has 0 fully saturated rings. The van der Waals surface area contributed by atoms with E-state index >= 15 is 0 Å². The Balaban J connectivity index is 2.17. The molecule has 2 aromatic carbocycles. The van der Waals surface area contributed by atoms with Gasteiger partial charge in [-0.1, -0.05) is 11.3 Å². The van der Waals surface area contributed by atoms with Crippen LogP contribution in [0.4, 0.5) is 0 Å². The van der Waals surface area contributed by atoms with Crippen molar-refractivity contribution in [2.45, 2.75) is 13.5 Å². The van der Waals surface area contributed by atoms with E-state index in [0.717, 1.165) is 10.2 Å². The molecule has 3 rings (SSSR count). The standard InChI is InChI=1S/C20H22N2O5S/c1-6-22-14-10-16(26-4)17(27-5)11-18(14)28-20(22)21-19(23)13-9-12(24-2)7-8-15(13)25-3/h7-11H,6H2,1-5H3. The van der Waals surface area contributed by atoms with Crippen LogP contribution in [0.15, 0.2) is 35.3 Å². The number of hydrogen-bond donors (Lipinski definition) is 0. The molecule has 28 heavy (non-hydrogen) atoms. The molecule has 3 aromatic rings. The predicted molar refractivity (Wildman–Crippen MR) is 108 cm³/mol. The van der Waals surface area contributed by atoms with Crippen LogP contribution in [-0.2, 0) is 6.54 Å². The van der Waals surface area contributed by atoms with Gasteiger partial charge >= 0.3 is 0 Å². The maximum absolute atomic E-state index is 12.9. The molecule has 0 spiro atoms. The van der Waals surface area contributed by atoms with Gasteiger partial charge in [-0.25, -0.2) is 0 Å². The van der Waals surface area contributed by atoms with Crippen molar-refractivity contribution in [1.29, 1.82) is 0 Å². The highest BCUT2D eigenvalue weighted by Gasteiger charge is 2.16. The molecule has 0 aliphatic heterocycles. The number of ether oxygens (including phenoxy) is 4. The third-order valence-electron chi connectivity index (χ3n) is 4.34. The summed E-state index contributed by atoms with van der Waals surface area (Å²) >= 11 is 1.41. The molecule has 148 valence electrons.